The number of aliphatic hydroxyl groups excluding tert-OH is 1. The summed E-state index contributed by atoms with van der Waals surface area (Å²) in [5, 5.41) is 21.6. The lowest BCUT2D eigenvalue weighted by Crippen LogP contribution is -2.19. The highest BCUT2D eigenvalue weighted by Crippen LogP contribution is 2.22. The Labute approximate surface area is 195 Å². The lowest BCUT2D eigenvalue weighted by atomic mass is 10.1. The van der Waals surface area contributed by atoms with Crippen molar-refractivity contribution < 1.29 is 9.90 Å². The smallest absolute Gasteiger partial charge is 0.299 e. The number of para-hydroxylation sites is 1. The molecule has 0 radical (unpaired) electrons. The number of amides is 1. The Morgan fingerprint density at radius 3 is 2.32 bits per heavy atom. The van der Waals surface area contributed by atoms with Crippen LogP contribution in [0.2, 0.25) is 0 Å². The number of rotatable bonds is 6. The summed E-state index contributed by atoms with van der Waals surface area (Å²) in [4.78, 5) is 30.1. The van der Waals surface area contributed by atoms with Crippen LogP contribution in [-0.4, -0.2) is 25.4 Å². The topological polar surface area (TPSA) is 114 Å². The summed E-state index contributed by atoms with van der Waals surface area (Å²) in [6.07, 6.45) is 3.04. The zero-order valence-corrected chi connectivity index (χ0v) is 18.6. The summed E-state index contributed by atoms with van der Waals surface area (Å²) in [6, 6.07) is 20.9. The van der Waals surface area contributed by atoms with Crippen molar-refractivity contribution in [1.29, 1.82) is 0 Å². The minimum Gasteiger partial charge on any atom is -0.505 e. The van der Waals surface area contributed by atoms with Gasteiger partial charge in [-0.2, -0.15) is 0 Å². The third-order valence-corrected chi connectivity index (χ3v) is 5.18. The summed E-state index contributed by atoms with van der Waals surface area (Å²) >= 11 is 0. The van der Waals surface area contributed by atoms with Crippen LogP contribution in [0.3, 0.4) is 0 Å². The van der Waals surface area contributed by atoms with E-state index < -0.39 is 11.5 Å². The van der Waals surface area contributed by atoms with Crippen LogP contribution in [0.4, 0.5) is 11.4 Å². The number of nitrogens with zero attached hydrogens (tertiary/aromatic N) is 5. The first kappa shape index (κ1) is 22.4. The van der Waals surface area contributed by atoms with Gasteiger partial charge in [-0.05, 0) is 31.2 Å². The van der Waals surface area contributed by atoms with Gasteiger partial charge in [0.25, 0.3) is 11.5 Å². The summed E-state index contributed by atoms with van der Waals surface area (Å²) in [7, 11) is 1.73. The van der Waals surface area contributed by atoms with Crippen molar-refractivity contribution in [1.82, 2.24) is 14.3 Å². The molecule has 4 aromatic rings. The van der Waals surface area contributed by atoms with Crippen LogP contribution in [0.5, 0.6) is 0 Å². The molecule has 2 aromatic heterocycles. The second-order valence-electron chi connectivity index (χ2n) is 7.37. The summed E-state index contributed by atoms with van der Waals surface area (Å²) in [6.45, 7) is 1.73. The van der Waals surface area contributed by atoms with Gasteiger partial charge >= 0.3 is 0 Å². The lowest BCUT2D eigenvalue weighted by molar-refractivity contribution is -0.112. The van der Waals surface area contributed by atoms with Gasteiger partial charge in [0, 0.05) is 18.8 Å². The molecule has 0 atom stereocenters. The Bertz CT molecular complexity index is 1420. The number of benzene rings is 2. The predicted octanol–water partition coefficient (Wildman–Crippen LogP) is 4.53. The van der Waals surface area contributed by atoms with Gasteiger partial charge in [-0.3, -0.25) is 19.3 Å². The van der Waals surface area contributed by atoms with E-state index >= 15 is 0 Å². The maximum atomic E-state index is 13.1. The first-order valence-electron chi connectivity index (χ1n) is 10.4. The molecule has 0 aliphatic heterocycles. The Balaban J connectivity index is 1.78. The predicted molar refractivity (Wildman–Crippen MR) is 129 cm³/mol. The number of hydrogen-bond donors (Lipinski definition) is 2. The third kappa shape index (κ3) is 4.53. The fraction of sp³-hybridized carbons (Fsp3) is 0.0800. The van der Waals surface area contributed by atoms with E-state index in [1.165, 1.54) is 10.9 Å². The summed E-state index contributed by atoms with van der Waals surface area (Å²) in [5.41, 5.74) is 1.32. The van der Waals surface area contributed by atoms with Crippen molar-refractivity contribution in [3.63, 3.8) is 0 Å². The second-order valence-corrected chi connectivity index (χ2v) is 7.37. The van der Waals surface area contributed by atoms with E-state index in [0.717, 1.165) is 0 Å². The standard InChI is InChI=1S/C25H22N6O3/c1-17-21(25(34)31(30(17)2)20-13-7-4-8-14-20)28-29-22(23(32)18-10-5-3-6-11-18)24(33)27-19-12-9-15-26-16-19/h3-16,32H,1-2H3,(H,27,33). The molecule has 1 amide bonds. The van der Waals surface area contributed by atoms with Gasteiger partial charge in [0.2, 0.25) is 0 Å². The van der Waals surface area contributed by atoms with Crippen molar-refractivity contribution in [2.75, 3.05) is 5.32 Å². The summed E-state index contributed by atoms with van der Waals surface area (Å²) < 4.78 is 3.11. The monoisotopic (exact) mass is 454 g/mol. The first-order chi connectivity index (χ1) is 16.5. The Kier molecular flexibility index (Phi) is 6.45. The highest BCUT2D eigenvalue weighted by atomic mass is 16.3. The minimum absolute atomic E-state index is 0.0545. The van der Waals surface area contributed by atoms with Crippen LogP contribution in [-0.2, 0) is 11.8 Å². The summed E-state index contributed by atoms with van der Waals surface area (Å²) in [5.74, 6) is -1.07. The van der Waals surface area contributed by atoms with Gasteiger partial charge in [-0.25, -0.2) is 4.68 Å². The van der Waals surface area contributed by atoms with Crippen LogP contribution in [0.15, 0.2) is 106 Å². The maximum absolute atomic E-state index is 13.1. The number of aromatic nitrogens is 3. The van der Waals surface area contributed by atoms with Gasteiger partial charge in [0.15, 0.2) is 17.1 Å². The molecule has 4 rings (SSSR count). The molecule has 0 aliphatic rings. The molecule has 2 N–H and O–H groups in total. The fourth-order valence-electron chi connectivity index (χ4n) is 3.33. The number of azo groups is 1. The third-order valence-electron chi connectivity index (χ3n) is 5.18. The molecule has 2 heterocycles. The van der Waals surface area contributed by atoms with Crippen molar-refractivity contribution in [2.24, 2.45) is 17.3 Å². The van der Waals surface area contributed by atoms with E-state index in [1.54, 1.807) is 79.4 Å². The molecule has 0 unspecified atom stereocenters. The SMILES string of the molecule is Cc1c(N=NC(C(=O)Nc2cccnc2)=C(O)c2ccccc2)c(=O)n(-c2ccccc2)n1C. The highest BCUT2D eigenvalue weighted by molar-refractivity contribution is 6.07. The van der Waals surface area contributed by atoms with Crippen molar-refractivity contribution in [2.45, 2.75) is 6.92 Å². The van der Waals surface area contributed by atoms with E-state index in [2.05, 4.69) is 20.5 Å². The van der Waals surface area contributed by atoms with E-state index in [0.29, 0.717) is 22.6 Å². The largest absolute Gasteiger partial charge is 0.505 e. The molecule has 34 heavy (non-hydrogen) atoms. The van der Waals surface area contributed by atoms with Crippen LogP contribution in [0.1, 0.15) is 11.3 Å². The van der Waals surface area contributed by atoms with Crippen LogP contribution in [0, 0.1) is 6.92 Å². The Morgan fingerprint density at radius 1 is 1.00 bits per heavy atom. The zero-order valence-electron chi connectivity index (χ0n) is 18.6. The molecular formula is C25H22N6O3. The quantitative estimate of drug-likeness (QED) is 0.253. The average molecular weight is 454 g/mol. The number of carbonyl (C=O) groups excluding carboxylic acids is 1. The molecule has 0 bridgehead atoms. The number of aliphatic hydroxyl groups is 1. The van der Waals surface area contributed by atoms with Gasteiger partial charge in [-0.1, -0.05) is 48.5 Å². The number of nitrogens with one attached hydrogen (secondary N) is 1. The zero-order chi connectivity index (χ0) is 24.1. The first-order valence-corrected chi connectivity index (χ1v) is 10.4. The number of pyridine rings is 1. The van der Waals surface area contributed by atoms with Crippen LogP contribution in [0.25, 0.3) is 11.4 Å². The van der Waals surface area contributed by atoms with E-state index in [9.17, 15) is 14.7 Å². The van der Waals surface area contributed by atoms with Gasteiger partial charge in [-0.15, -0.1) is 10.2 Å². The second kappa shape index (κ2) is 9.78. The van der Waals surface area contributed by atoms with Crippen LogP contribution >= 0.6 is 0 Å². The van der Waals surface area contributed by atoms with Gasteiger partial charge in [0.05, 0.1) is 23.3 Å². The maximum Gasteiger partial charge on any atom is 0.299 e. The molecular weight excluding hydrogens is 432 g/mol. The highest BCUT2D eigenvalue weighted by Gasteiger charge is 2.20. The average Bonchev–Trinajstić information content (AvgIpc) is 3.08. The molecule has 2 aromatic carbocycles. The molecule has 0 fully saturated rings. The van der Waals surface area contributed by atoms with E-state index in [-0.39, 0.29) is 17.1 Å². The van der Waals surface area contributed by atoms with E-state index in [1.807, 2.05) is 18.2 Å². The minimum atomic E-state index is -0.699. The number of anilines is 1. The molecule has 170 valence electrons. The molecule has 0 saturated carbocycles. The van der Waals surface area contributed by atoms with Crippen molar-refractivity contribution >= 4 is 23.0 Å². The Hall–Kier alpha value is -4.79. The van der Waals surface area contributed by atoms with Gasteiger partial charge < -0.3 is 10.4 Å². The molecule has 0 aliphatic carbocycles. The molecule has 0 saturated heterocycles. The molecule has 9 nitrogen and oxygen atoms in total. The van der Waals surface area contributed by atoms with E-state index in [4.69, 9.17) is 0 Å². The van der Waals surface area contributed by atoms with Gasteiger partial charge in [0.1, 0.15) is 0 Å². The van der Waals surface area contributed by atoms with Crippen LogP contribution < -0.4 is 10.9 Å². The number of carbonyl (C=O) groups is 1. The molecule has 9 heteroatoms. The normalized spacial score (nSPS) is 11.9. The van der Waals surface area contributed by atoms with Crippen molar-refractivity contribution in [3.05, 3.63) is 112 Å². The molecule has 0 spiro atoms. The number of hydrogen-bond acceptors (Lipinski definition) is 6. The lowest BCUT2D eigenvalue weighted by Gasteiger charge is -2.07. The Morgan fingerprint density at radius 2 is 1.68 bits per heavy atom. The van der Waals surface area contributed by atoms with Crippen molar-refractivity contribution in [3.8, 4) is 5.69 Å². The fourth-order valence-corrected chi connectivity index (χ4v) is 3.33.